The van der Waals surface area contributed by atoms with Crippen LogP contribution in [0.15, 0.2) is 33.8 Å². The molecule has 160 valence electrons. The van der Waals surface area contributed by atoms with Gasteiger partial charge in [-0.3, -0.25) is 4.99 Å². The molecule has 1 aliphatic rings. The first kappa shape index (κ1) is 23.6. The molecule has 8 heteroatoms. The van der Waals surface area contributed by atoms with Crippen LogP contribution in [-0.2, 0) is 11.2 Å². The Kier molecular flexibility index (Phi) is 9.86. The van der Waals surface area contributed by atoms with E-state index in [1.54, 1.807) is 0 Å². The summed E-state index contributed by atoms with van der Waals surface area (Å²) >= 11 is 0. The van der Waals surface area contributed by atoms with Gasteiger partial charge in [0.25, 0.3) is 0 Å². The van der Waals surface area contributed by atoms with Crippen LogP contribution in [0.3, 0.4) is 0 Å². The average Bonchev–Trinajstić information content (AvgIpc) is 3.12. The number of nitrogens with zero attached hydrogens (tertiary/aromatic N) is 3. The number of hydrogen-bond acceptors (Lipinski definition) is 5. The second kappa shape index (κ2) is 12.1. The highest BCUT2D eigenvalue weighted by Gasteiger charge is 2.27. The third-order valence-electron chi connectivity index (χ3n) is 4.88. The summed E-state index contributed by atoms with van der Waals surface area (Å²) in [6.45, 7) is 9.05. The summed E-state index contributed by atoms with van der Waals surface area (Å²) in [4.78, 5) is 9.04. The molecular formula is C21H32IN5O2. The van der Waals surface area contributed by atoms with Crippen LogP contribution in [-0.4, -0.2) is 42.3 Å². The van der Waals surface area contributed by atoms with Crippen LogP contribution in [0.1, 0.15) is 48.7 Å². The van der Waals surface area contributed by atoms with E-state index in [-0.39, 0.29) is 30.1 Å². The molecule has 1 aromatic heterocycles. The second-order valence-corrected chi connectivity index (χ2v) is 7.24. The summed E-state index contributed by atoms with van der Waals surface area (Å²) in [5, 5.41) is 10.5. The molecule has 1 aliphatic heterocycles. The zero-order valence-corrected chi connectivity index (χ0v) is 19.8. The minimum Gasteiger partial charge on any atom is -0.373 e. The fraction of sp³-hybridized carbons (Fsp3) is 0.571. The summed E-state index contributed by atoms with van der Waals surface area (Å²) in [5.74, 6) is 2.49. The summed E-state index contributed by atoms with van der Waals surface area (Å²) in [6, 6.07) is 8.66. The number of nitrogens with one attached hydrogen (secondary N) is 2. The quantitative estimate of drug-likeness (QED) is 0.335. The number of benzene rings is 1. The molecule has 0 aliphatic carbocycles. The summed E-state index contributed by atoms with van der Waals surface area (Å²) < 4.78 is 11.3. The minimum atomic E-state index is 0. The third-order valence-corrected chi connectivity index (χ3v) is 4.88. The lowest BCUT2D eigenvalue weighted by Gasteiger charge is -2.31. The molecular weight excluding hydrogens is 481 g/mol. The first-order valence-corrected chi connectivity index (χ1v) is 10.1. The Labute approximate surface area is 190 Å². The van der Waals surface area contributed by atoms with E-state index in [2.05, 4.69) is 58.9 Å². The molecule has 2 heterocycles. The molecule has 2 N–H and O–H groups in total. The molecule has 0 amide bonds. The normalized spacial score (nSPS) is 19.5. The van der Waals surface area contributed by atoms with E-state index in [9.17, 15) is 0 Å². The van der Waals surface area contributed by atoms with Crippen molar-refractivity contribution in [3.05, 3.63) is 47.1 Å². The monoisotopic (exact) mass is 513 g/mol. The van der Waals surface area contributed by atoms with Gasteiger partial charge in [0, 0.05) is 38.6 Å². The number of ether oxygens (including phenoxy) is 1. The maximum atomic E-state index is 6.11. The van der Waals surface area contributed by atoms with Gasteiger partial charge in [0.1, 0.15) is 0 Å². The Bertz CT molecular complexity index is 763. The van der Waals surface area contributed by atoms with Crippen LogP contribution < -0.4 is 10.6 Å². The Balaban J connectivity index is 0.00000300. The Morgan fingerprint density at radius 2 is 2.00 bits per heavy atom. The van der Waals surface area contributed by atoms with Crippen molar-refractivity contribution in [3.63, 3.8) is 0 Å². The molecule has 1 fully saturated rings. The van der Waals surface area contributed by atoms with Gasteiger partial charge in [-0.15, -0.1) is 24.0 Å². The van der Waals surface area contributed by atoms with Crippen molar-refractivity contribution in [1.82, 2.24) is 20.8 Å². The summed E-state index contributed by atoms with van der Waals surface area (Å²) in [5.41, 5.74) is 2.51. The Hall–Kier alpha value is -1.68. The van der Waals surface area contributed by atoms with Gasteiger partial charge in [-0.05, 0) is 39.2 Å². The van der Waals surface area contributed by atoms with Crippen molar-refractivity contribution in [3.8, 4) is 0 Å². The number of aryl methyl sites for hydroxylation is 2. The number of aromatic nitrogens is 2. The summed E-state index contributed by atoms with van der Waals surface area (Å²) in [7, 11) is 0. The van der Waals surface area contributed by atoms with Gasteiger partial charge in [0.05, 0.1) is 6.10 Å². The lowest BCUT2D eigenvalue weighted by atomic mass is 9.89. The van der Waals surface area contributed by atoms with Gasteiger partial charge in [0.15, 0.2) is 11.8 Å². The van der Waals surface area contributed by atoms with Gasteiger partial charge in [-0.1, -0.05) is 35.0 Å². The molecule has 1 aromatic carbocycles. The zero-order chi connectivity index (χ0) is 19.8. The third kappa shape index (κ3) is 7.26. The fourth-order valence-electron chi connectivity index (χ4n) is 3.43. The van der Waals surface area contributed by atoms with Crippen LogP contribution in [0.2, 0.25) is 0 Å². The molecule has 3 rings (SSSR count). The number of aliphatic imine (C=N–C) groups is 1. The van der Waals surface area contributed by atoms with Gasteiger partial charge in [0.2, 0.25) is 5.89 Å². The van der Waals surface area contributed by atoms with Gasteiger partial charge < -0.3 is 19.9 Å². The second-order valence-electron chi connectivity index (χ2n) is 7.24. The number of hydrogen-bond donors (Lipinski definition) is 2. The van der Waals surface area contributed by atoms with Crippen molar-refractivity contribution in [2.75, 3.05) is 26.2 Å². The molecule has 2 aromatic rings. The van der Waals surface area contributed by atoms with E-state index < -0.39 is 0 Å². The number of rotatable bonds is 7. The van der Waals surface area contributed by atoms with Crippen LogP contribution >= 0.6 is 24.0 Å². The standard InChI is InChI=1S/C21H31N5O2.HI/c1-4-22-21(23-12-11-19-25-16(3)26-28-19)24-14-18-6-5-13-27-20(18)17-9-7-15(2)8-10-17;/h7-10,18,20H,4-6,11-14H2,1-3H3,(H2,22,23,24);1H. The van der Waals surface area contributed by atoms with E-state index in [4.69, 9.17) is 14.3 Å². The van der Waals surface area contributed by atoms with E-state index in [0.717, 1.165) is 38.5 Å². The van der Waals surface area contributed by atoms with Crippen molar-refractivity contribution in [1.29, 1.82) is 0 Å². The van der Waals surface area contributed by atoms with E-state index in [0.29, 0.717) is 30.6 Å². The maximum absolute atomic E-state index is 6.11. The van der Waals surface area contributed by atoms with E-state index in [1.807, 2.05) is 6.92 Å². The smallest absolute Gasteiger partial charge is 0.228 e. The highest BCUT2D eigenvalue weighted by atomic mass is 127. The van der Waals surface area contributed by atoms with Crippen LogP contribution in [0.5, 0.6) is 0 Å². The Morgan fingerprint density at radius 3 is 2.69 bits per heavy atom. The maximum Gasteiger partial charge on any atom is 0.228 e. The largest absolute Gasteiger partial charge is 0.373 e. The zero-order valence-electron chi connectivity index (χ0n) is 17.5. The van der Waals surface area contributed by atoms with E-state index >= 15 is 0 Å². The van der Waals surface area contributed by atoms with Gasteiger partial charge in [-0.25, -0.2) is 0 Å². The van der Waals surface area contributed by atoms with Crippen LogP contribution in [0.25, 0.3) is 0 Å². The molecule has 2 unspecified atom stereocenters. The van der Waals surface area contributed by atoms with Crippen molar-refractivity contribution in [2.24, 2.45) is 10.9 Å². The first-order chi connectivity index (χ1) is 13.7. The van der Waals surface area contributed by atoms with Gasteiger partial charge in [-0.2, -0.15) is 4.98 Å². The minimum absolute atomic E-state index is 0. The number of halogens is 1. The Morgan fingerprint density at radius 1 is 1.21 bits per heavy atom. The highest BCUT2D eigenvalue weighted by molar-refractivity contribution is 14.0. The first-order valence-electron chi connectivity index (χ1n) is 10.1. The fourth-order valence-corrected chi connectivity index (χ4v) is 3.43. The average molecular weight is 513 g/mol. The molecule has 0 radical (unpaired) electrons. The van der Waals surface area contributed by atoms with Crippen molar-refractivity contribution < 1.29 is 9.26 Å². The molecule has 0 spiro atoms. The van der Waals surface area contributed by atoms with Gasteiger partial charge >= 0.3 is 0 Å². The lowest BCUT2D eigenvalue weighted by molar-refractivity contribution is -0.0250. The number of guanidine groups is 1. The molecule has 29 heavy (non-hydrogen) atoms. The summed E-state index contributed by atoms with van der Waals surface area (Å²) in [6.07, 6.45) is 3.00. The molecule has 0 bridgehead atoms. The predicted molar refractivity (Wildman–Crippen MR) is 125 cm³/mol. The van der Waals surface area contributed by atoms with E-state index in [1.165, 1.54) is 11.1 Å². The highest BCUT2D eigenvalue weighted by Crippen LogP contribution is 2.33. The van der Waals surface area contributed by atoms with Crippen LogP contribution in [0.4, 0.5) is 0 Å². The SMILES string of the molecule is CCNC(=NCC1CCCOC1c1ccc(C)cc1)NCCc1nc(C)no1.I. The molecule has 2 atom stereocenters. The topological polar surface area (TPSA) is 84.6 Å². The predicted octanol–water partition coefficient (Wildman–Crippen LogP) is 3.57. The molecule has 7 nitrogen and oxygen atoms in total. The van der Waals surface area contributed by atoms with Crippen molar-refractivity contribution in [2.45, 2.75) is 46.1 Å². The van der Waals surface area contributed by atoms with Crippen LogP contribution in [0, 0.1) is 19.8 Å². The molecule has 1 saturated heterocycles. The van der Waals surface area contributed by atoms with Crippen molar-refractivity contribution >= 4 is 29.9 Å². The molecule has 0 saturated carbocycles. The lowest BCUT2D eigenvalue weighted by Crippen LogP contribution is -2.39.